The van der Waals surface area contributed by atoms with Gasteiger partial charge in [-0.05, 0) is 30.3 Å². The standard InChI is InChI=1S/C17H14N2O3/c1-2-12-4-3-5-13(8-12)18-10-17(20)19-14-6-7-15-16(9-14)22-11-21-15/h1,3-9,18H,10-11H2,(H,19,20). The van der Waals surface area contributed by atoms with Gasteiger partial charge in [0.2, 0.25) is 12.7 Å². The van der Waals surface area contributed by atoms with Crippen LogP contribution in [0.15, 0.2) is 42.5 Å². The summed E-state index contributed by atoms with van der Waals surface area (Å²) in [4.78, 5) is 12.0. The lowest BCUT2D eigenvalue weighted by Gasteiger charge is -2.08. The second kappa shape index (κ2) is 6.10. The summed E-state index contributed by atoms with van der Waals surface area (Å²) in [5.41, 5.74) is 2.23. The number of carbonyl (C=O) groups excluding carboxylic acids is 1. The lowest BCUT2D eigenvalue weighted by atomic mass is 10.2. The lowest BCUT2D eigenvalue weighted by molar-refractivity contribution is -0.114. The lowest BCUT2D eigenvalue weighted by Crippen LogP contribution is -2.21. The average Bonchev–Trinajstić information content (AvgIpc) is 3.01. The van der Waals surface area contributed by atoms with Crippen LogP contribution in [0.2, 0.25) is 0 Å². The Bertz CT molecular complexity index is 750. The number of benzene rings is 2. The van der Waals surface area contributed by atoms with Gasteiger partial charge in [-0.25, -0.2) is 0 Å². The second-order valence-electron chi connectivity index (χ2n) is 4.69. The number of carbonyl (C=O) groups is 1. The highest BCUT2D eigenvalue weighted by Crippen LogP contribution is 2.34. The molecule has 0 aliphatic carbocycles. The number of amides is 1. The first-order chi connectivity index (χ1) is 10.7. The van der Waals surface area contributed by atoms with Crippen LogP contribution in [0.4, 0.5) is 11.4 Å². The van der Waals surface area contributed by atoms with Crippen LogP contribution in [-0.4, -0.2) is 19.2 Å². The fourth-order valence-electron chi connectivity index (χ4n) is 2.08. The molecule has 1 aliphatic heterocycles. The molecule has 1 aliphatic rings. The molecule has 0 bridgehead atoms. The molecule has 2 aromatic rings. The quantitative estimate of drug-likeness (QED) is 0.850. The van der Waals surface area contributed by atoms with E-state index in [0.717, 1.165) is 11.3 Å². The Hall–Kier alpha value is -3.13. The molecule has 0 fully saturated rings. The Morgan fingerprint density at radius 3 is 2.86 bits per heavy atom. The van der Waals surface area contributed by atoms with E-state index in [4.69, 9.17) is 15.9 Å². The third-order valence-electron chi connectivity index (χ3n) is 3.14. The minimum absolute atomic E-state index is 0.141. The van der Waals surface area contributed by atoms with E-state index in [0.29, 0.717) is 17.2 Å². The van der Waals surface area contributed by atoms with E-state index in [2.05, 4.69) is 16.6 Å². The predicted octanol–water partition coefficient (Wildman–Crippen LogP) is 2.45. The Kier molecular flexibility index (Phi) is 3.84. The number of anilines is 2. The number of ether oxygens (including phenoxy) is 2. The van der Waals surface area contributed by atoms with Crippen molar-refractivity contribution >= 4 is 17.3 Å². The van der Waals surface area contributed by atoms with Crippen molar-refractivity contribution in [1.82, 2.24) is 0 Å². The number of rotatable bonds is 4. The first-order valence-electron chi connectivity index (χ1n) is 6.74. The van der Waals surface area contributed by atoms with Gasteiger partial charge in [-0.2, -0.15) is 0 Å². The fourth-order valence-corrected chi connectivity index (χ4v) is 2.08. The van der Waals surface area contributed by atoms with Crippen LogP contribution in [0, 0.1) is 12.3 Å². The zero-order valence-electron chi connectivity index (χ0n) is 11.8. The van der Waals surface area contributed by atoms with Gasteiger partial charge >= 0.3 is 0 Å². The largest absolute Gasteiger partial charge is 0.454 e. The van der Waals surface area contributed by atoms with E-state index in [1.54, 1.807) is 18.2 Å². The number of terminal acetylenes is 1. The first-order valence-corrected chi connectivity index (χ1v) is 6.74. The topological polar surface area (TPSA) is 59.6 Å². The Balaban J connectivity index is 1.57. The minimum Gasteiger partial charge on any atom is -0.454 e. The van der Waals surface area contributed by atoms with Crippen molar-refractivity contribution < 1.29 is 14.3 Å². The molecule has 0 saturated carbocycles. The molecule has 0 saturated heterocycles. The van der Waals surface area contributed by atoms with E-state index in [1.165, 1.54) is 0 Å². The van der Waals surface area contributed by atoms with Crippen molar-refractivity contribution in [2.75, 3.05) is 24.0 Å². The van der Waals surface area contributed by atoms with E-state index < -0.39 is 0 Å². The summed E-state index contributed by atoms with van der Waals surface area (Å²) in [7, 11) is 0. The third-order valence-corrected chi connectivity index (χ3v) is 3.14. The molecule has 3 rings (SSSR count). The average molecular weight is 294 g/mol. The highest BCUT2D eigenvalue weighted by atomic mass is 16.7. The molecule has 5 heteroatoms. The maximum absolute atomic E-state index is 12.0. The third kappa shape index (κ3) is 3.13. The van der Waals surface area contributed by atoms with Crippen molar-refractivity contribution in [1.29, 1.82) is 0 Å². The molecule has 110 valence electrons. The van der Waals surface area contributed by atoms with Crippen LogP contribution >= 0.6 is 0 Å². The summed E-state index contributed by atoms with van der Waals surface area (Å²) in [6, 6.07) is 12.6. The molecule has 0 unspecified atom stereocenters. The van der Waals surface area contributed by atoms with Crippen LogP contribution in [0.25, 0.3) is 0 Å². The van der Waals surface area contributed by atoms with Crippen molar-refractivity contribution in [3.05, 3.63) is 48.0 Å². The summed E-state index contributed by atoms with van der Waals surface area (Å²) in [5, 5.41) is 5.82. The monoisotopic (exact) mass is 294 g/mol. The number of hydrogen-bond acceptors (Lipinski definition) is 4. The molecule has 5 nitrogen and oxygen atoms in total. The van der Waals surface area contributed by atoms with Crippen LogP contribution < -0.4 is 20.1 Å². The number of fused-ring (bicyclic) bond motifs is 1. The summed E-state index contributed by atoms with van der Waals surface area (Å²) < 4.78 is 10.5. The van der Waals surface area contributed by atoms with E-state index in [9.17, 15) is 4.79 Å². The van der Waals surface area contributed by atoms with Gasteiger partial charge in [0.05, 0.1) is 6.54 Å². The Morgan fingerprint density at radius 2 is 2.00 bits per heavy atom. The highest BCUT2D eigenvalue weighted by molar-refractivity contribution is 5.94. The van der Waals surface area contributed by atoms with E-state index in [1.807, 2.05) is 24.3 Å². The van der Waals surface area contributed by atoms with Crippen LogP contribution in [0.1, 0.15) is 5.56 Å². The highest BCUT2D eigenvalue weighted by Gasteiger charge is 2.14. The van der Waals surface area contributed by atoms with Crippen molar-refractivity contribution in [2.24, 2.45) is 0 Å². The summed E-state index contributed by atoms with van der Waals surface area (Å²) >= 11 is 0. The van der Waals surface area contributed by atoms with Gasteiger partial charge in [0.1, 0.15) is 0 Å². The smallest absolute Gasteiger partial charge is 0.243 e. The molecule has 1 heterocycles. The van der Waals surface area contributed by atoms with Crippen molar-refractivity contribution in [2.45, 2.75) is 0 Å². The van der Waals surface area contributed by atoms with Crippen molar-refractivity contribution in [3.8, 4) is 23.8 Å². The second-order valence-corrected chi connectivity index (χ2v) is 4.69. The van der Waals surface area contributed by atoms with Gasteiger partial charge in [0, 0.05) is 23.0 Å². The Labute approximate surface area is 128 Å². The predicted molar refractivity (Wildman–Crippen MR) is 84.1 cm³/mol. The van der Waals surface area contributed by atoms with E-state index in [-0.39, 0.29) is 19.2 Å². The molecular weight excluding hydrogens is 280 g/mol. The van der Waals surface area contributed by atoms with Gasteiger partial charge in [-0.1, -0.05) is 12.0 Å². The number of nitrogens with one attached hydrogen (secondary N) is 2. The molecule has 0 atom stereocenters. The van der Waals surface area contributed by atoms with Crippen LogP contribution in [-0.2, 0) is 4.79 Å². The molecule has 22 heavy (non-hydrogen) atoms. The summed E-state index contributed by atoms with van der Waals surface area (Å²) in [6.45, 7) is 0.349. The molecular formula is C17H14N2O3. The summed E-state index contributed by atoms with van der Waals surface area (Å²) in [5.74, 6) is 3.70. The Morgan fingerprint density at radius 1 is 1.14 bits per heavy atom. The summed E-state index contributed by atoms with van der Waals surface area (Å²) in [6.07, 6.45) is 5.34. The maximum atomic E-state index is 12.0. The van der Waals surface area contributed by atoms with Crippen molar-refractivity contribution in [3.63, 3.8) is 0 Å². The van der Waals surface area contributed by atoms with Gasteiger partial charge in [0.25, 0.3) is 0 Å². The first kappa shape index (κ1) is 13.8. The van der Waals surface area contributed by atoms with Crippen LogP contribution in [0.5, 0.6) is 11.5 Å². The molecule has 0 spiro atoms. The maximum Gasteiger partial charge on any atom is 0.243 e. The van der Waals surface area contributed by atoms with Gasteiger partial charge in [-0.15, -0.1) is 6.42 Å². The minimum atomic E-state index is -0.162. The zero-order chi connectivity index (χ0) is 15.4. The number of hydrogen-bond donors (Lipinski definition) is 2. The van der Waals surface area contributed by atoms with Gasteiger partial charge in [-0.3, -0.25) is 4.79 Å². The molecule has 2 N–H and O–H groups in total. The fraction of sp³-hybridized carbons (Fsp3) is 0.118. The molecule has 2 aromatic carbocycles. The zero-order valence-corrected chi connectivity index (χ0v) is 11.8. The van der Waals surface area contributed by atoms with Gasteiger partial charge in [0.15, 0.2) is 11.5 Å². The molecule has 1 amide bonds. The van der Waals surface area contributed by atoms with Gasteiger partial charge < -0.3 is 20.1 Å². The molecule has 0 aromatic heterocycles. The molecule has 0 radical (unpaired) electrons. The SMILES string of the molecule is C#Cc1cccc(NCC(=O)Nc2ccc3c(c2)OCO3)c1. The van der Waals surface area contributed by atoms with Crippen LogP contribution in [0.3, 0.4) is 0 Å². The van der Waals surface area contributed by atoms with E-state index >= 15 is 0 Å². The normalized spacial score (nSPS) is 11.6.